The van der Waals surface area contributed by atoms with E-state index in [0.29, 0.717) is 24.2 Å². The molecule has 1 fully saturated rings. The van der Waals surface area contributed by atoms with Crippen molar-refractivity contribution >= 4 is 5.97 Å². The molecule has 2 rings (SSSR count). The summed E-state index contributed by atoms with van der Waals surface area (Å²) in [6, 6.07) is 0. The molecule has 1 saturated carbocycles. The Morgan fingerprint density at radius 3 is 2.73 bits per heavy atom. The molecule has 1 N–H and O–H groups in total. The van der Waals surface area contributed by atoms with Crippen LogP contribution in [0, 0.1) is 17.8 Å². The van der Waals surface area contributed by atoms with Gasteiger partial charge in [0.2, 0.25) is 0 Å². The van der Waals surface area contributed by atoms with Gasteiger partial charge in [0.05, 0.1) is 0 Å². The largest absolute Gasteiger partial charge is 0.481 e. The quantitative estimate of drug-likeness (QED) is 0.611. The lowest BCUT2D eigenvalue weighted by Crippen LogP contribution is -2.11. The first-order chi connectivity index (χ1) is 5.25. The third kappa shape index (κ3) is 1.17. The monoisotopic (exact) mass is 152 g/mol. The number of hydrogen-bond donors (Lipinski definition) is 1. The van der Waals surface area contributed by atoms with Gasteiger partial charge in [0.25, 0.3) is 0 Å². The van der Waals surface area contributed by atoms with Crippen molar-refractivity contribution < 1.29 is 9.90 Å². The highest BCUT2D eigenvalue weighted by Crippen LogP contribution is 2.44. The Bertz CT molecular complexity index is 208. The van der Waals surface area contributed by atoms with Crippen molar-refractivity contribution in [2.45, 2.75) is 19.3 Å². The molecular weight excluding hydrogens is 140 g/mol. The molecule has 3 atom stereocenters. The number of allylic oxidation sites excluding steroid dienone is 2. The van der Waals surface area contributed by atoms with E-state index in [2.05, 4.69) is 12.2 Å². The van der Waals surface area contributed by atoms with Crippen LogP contribution in [0.4, 0.5) is 0 Å². The van der Waals surface area contributed by atoms with Crippen LogP contribution in [0.3, 0.4) is 0 Å². The molecule has 11 heavy (non-hydrogen) atoms. The first kappa shape index (κ1) is 6.89. The summed E-state index contributed by atoms with van der Waals surface area (Å²) in [5, 5.41) is 8.58. The lowest BCUT2D eigenvalue weighted by atomic mass is 9.91. The minimum absolute atomic E-state index is 0.367. The number of fused-ring (bicyclic) bond motifs is 2. The summed E-state index contributed by atoms with van der Waals surface area (Å²) < 4.78 is 0. The van der Waals surface area contributed by atoms with Gasteiger partial charge < -0.3 is 5.11 Å². The Hall–Kier alpha value is -0.790. The molecule has 0 aromatic rings. The van der Waals surface area contributed by atoms with E-state index in [4.69, 9.17) is 5.11 Å². The molecule has 0 saturated heterocycles. The third-order valence-electron chi connectivity index (χ3n) is 2.85. The van der Waals surface area contributed by atoms with Gasteiger partial charge in [-0.2, -0.15) is 0 Å². The van der Waals surface area contributed by atoms with E-state index in [1.54, 1.807) is 0 Å². The molecule has 0 spiro atoms. The van der Waals surface area contributed by atoms with Gasteiger partial charge in [-0.05, 0) is 30.6 Å². The zero-order valence-electron chi connectivity index (χ0n) is 6.36. The maximum absolute atomic E-state index is 10.4. The van der Waals surface area contributed by atoms with Crippen LogP contribution in [-0.2, 0) is 4.79 Å². The van der Waals surface area contributed by atoms with Crippen LogP contribution in [-0.4, -0.2) is 11.1 Å². The van der Waals surface area contributed by atoms with Crippen LogP contribution >= 0.6 is 0 Å². The molecule has 60 valence electrons. The number of carboxylic acids is 1. The zero-order chi connectivity index (χ0) is 7.84. The average molecular weight is 152 g/mol. The molecule has 0 heterocycles. The van der Waals surface area contributed by atoms with Crippen molar-refractivity contribution in [3.63, 3.8) is 0 Å². The van der Waals surface area contributed by atoms with Gasteiger partial charge in [0.15, 0.2) is 0 Å². The number of carboxylic acid groups (broad SMARTS) is 1. The van der Waals surface area contributed by atoms with E-state index in [1.807, 2.05) is 0 Å². The highest BCUT2D eigenvalue weighted by Gasteiger charge is 2.36. The SMILES string of the molecule is O=C(O)C[C@H]1C[C@H]2C=C[C@@H]1C2. The van der Waals surface area contributed by atoms with Crippen molar-refractivity contribution in [1.82, 2.24) is 0 Å². The van der Waals surface area contributed by atoms with Crippen LogP contribution < -0.4 is 0 Å². The Kier molecular flexibility index (Phi) is 1.48. The Labute approximate surface area is 65.9 Å². The van der Waals surface area contributed by atoms with Crippen LogP contribution in [0.5, 0.6) is 0 Å². The molecule has 2 nitrogen and oxygen atoms in total. The lowest BCUT2D eigenvalue weighted by molar-refractivity contribution is -0.138. The zero-order valence-corrected chi connectivity index (χ0v) is 6.36. The van der Waals surface area contributed by atoms with Gasteiger partial charge in [-0.1, -0.05) is 12.2 Å². The second kappa shape index (κ2) is 2.36. The van der Waals surface area contributed by atoms with Crippen molar-refractivity contribution in [3.05, 3.63) is 12.2 Å². The molecule has 0 aliphatic heterocycles. The van der Waals surface area contributed by atoms with E-state index in [-0.39, 0.29) is 0 Å². The van der Waals surface area contributed by atoms with Gasteiger partial charge >= 0.3 is 5.97 Å². The molecule has 2 aliphatic rings. The van der Waals surface area contributed by atoms with Crippen molar-refractivity contribution in [1.29, 1.82) is 0 Å². The molecule has 0 aromatic carbocycles. The molecule has 2 heteroatoms. The third-order valence-corrected chi connectivity index (χ3v) is 2.85. The summed E-state index contributed by atoms with van der Waals surface area (Å²) in [5.74, 6) is 1.07. The number of aliphatic carboxylic acids is 1. The fraction of sp³-hybridized carbons (Fsp3) is 0.667. The topological polar surface area (TPSA) is 37.3 Å². The van der Waals surface area contributed by atoms with Crippen LogP contribution in [0.25, 0.3) is 0 Å². The van der Waals surface area contributed by atoms with E-state index >= 15 is 0 Å². The highest BCUT2D eigenvalue weighted by atomic mass is 16.4. The fourth-order valence-corrected chi connectivity index (χ4v) is 2.35. The molecule has 0 amide bonds. The van der Waals surface area contributed by atoms with Gasteiger partial charge in [-0.15, -0.1) is 0 Å². The second-order valence-electron chi connectivity index (χ2n) is 3.64. The minimum atomic E-state index is -0.643. The van der Waals surface area contributed by atoms with E-state index in [1.165, 1.54) is 6.42 Å². The number of hydrogen-bond acceptors (Lipinski definition) is 1. The number of rotatable bonds is 2. The molecule has 2 aliphatic carbocycles. The number of carbonyl (C=O) groups is 1. The van der Waals surface area contributed by atoms with E-state index < -0.39 is 5.97 Å². The first-order valence-electron chi connectivity index (χ1n) is 4.16. The summed E-state index contributed by atoms with van der Waals surface area (Å²) in [4.78, 5) is 10.4. The maximum atomic E-state index is 10.4. The molecular formula is C9H12O2. The molecule has 0 aromatic heterocycles. The van der Waals surface area contributed by atoms with Crippen molar-refractivity contribution in [3.8, 4) is 0 Å². The minimum Gasteiger partial charge on any atom is -0.481 e. The maximum Gasteiger partial charge on any atom is 0.303 e. The Morgan fingerprint density at radius 1 is 1.45 bits per heavy atom. The normalized spacial score (nSPS) is 39.8. The predicted molar refractivity (Wildman–Crippen MR) is 41.1 cm³/mol. The second-order valence-corrected chi connectivity index (χ2v) is 3.64. The van der Waals surface area contributed by atoms with Crippen molar-refractivity contribution in [2.75, 3.05) is 0 Å². The standard InChI is InChI=1S/C9H12O2/c10-9(11)5-8-4-6-1-2-7(8)3-6/h1-2,6-8H,3-5H2,(H,10,11)/t6-,7+,8+/m0/s1. The van der Waals surface area contributed by atoms with Crippen LogP contribution in [0.2, 0.25) is 0 Å². The fourth-order valence-electron chi connectivity index (χ4n) is 2.35. The lowest BCUT2D eigenvalue weighted by Gasteiger charge is -2.14. The Balaban J connectivity index is 1.98. The molecule has 0 unspecified atom stereocenters. The summed E-state index contributed by atoms with van der Waals surface area (Å²) >= 11 is 0. The Morgan fingerprint density at radius 2 is 2.27 bits per heavy atom. The predicted octanol–water partition coefficient (Wildman–Crippen LogP) is 1.67. The first-order valence-corrected chi connectivity index (χ1v) is 4.16. The van der Waals surface area contributed by atoms with Crippen LogP contribution in [0.15, 0.2) is 12.2 Å². The summed E-state index contributed by atoms with van der Waals surface area (Å²) in [6.45, 7) is 0. The smallest absolute Gasteiger partial charge is 0.303 e. The van der Waals surface area contributed by atoms with Crippen molar-refractivity contribution in [2.24, 2.45) is 17.8 Å². The summed E-state index contributed by atoms with van der Waals surface area (Å²) in [6.07, 6.45) is 7.11. The van der Waals surface area contributed by atoms with E-state index in [0.717, 1.165) is 6.42 Å². The van der Waals surface area contributed by atoms with Gasteiger partial charge in [-0.25, -0.2) is 0 Å². The van der Waals surface area contributed by atoms with Crippen LogP contribution in [0.1, 0.15) is 19.3 Å². The van der Waals surface area contributed by atoms with Gasteiger partial charge in [0.1, 0.15) is 0 Å². The van der Waals surface area contributed by atoms with Gasteiger partial charge in [-0.3, -0.25) is 4.79 Å². The molecule has 0 radical (unpaired) electrons. The summed E-state index contributed by atoms with van der Waals surface area (Å²) in [5.41, 5.74) is 0. The summed E-state index contributed by atoms with van der Waals surface area (Å²) in [7, 11) is 0. The highest BCUT2D eigenvalue weighted by molar-refractivity contribution is 5.67. The average Bonchev–Trinajstić information content (AvgIpc) is 2.45. The van der Waals surface area contributed by atoms with E-state index in [9.17, 15) is 4.79 Å². The van der Waals surface area contributed by atoms with Gasteiger partial charge in [0, 0.05) is 6.42 Å². The molecule has 2 bridgehead atoms.